The van der Waals surface area contributed by atoms with E-state index >= 15 is 0 Å². The molecule has 0 aliphatic heterocycles. The van der Waals surface area contributed by atoms with Gasteiger partial charge in [-0.3, -0.25) is 10.1 Å². The summed E-state index contributed by atoms with van der Waals surface area (Å²) >= 11 is 0. The number of fused-ring (bicyclic) bond motifs is 2. The predicted molar refractivity (Wildman–Crippen MR) is 118 cm³/mol. The van der Waals surface area contributed by atoms with Crippen molar-refractivity contribution in [1.82, 2.24) is 0 Å². The summed E-state index contributed by atoms with van der Waals surface area (Å²) in [5, 5.41) is 24.1. The van der Waals surface area contributed by atoms with Crippen LogP contribution in [0.5, 0.6) is 5.75 Å². The summed E-state index contributed by atoms with van der Waals surface area (Å²) in [5.74, 6) is 0.554. The minimum Gasteiger partial charge on any atom is -0.711 e. The van der Waals surface area contributed by atoms with Crippen molar-refractivity contribution < 1.29 is 19.4 Å². The lowest BCUT2D eigenvalue weighted by molar-refractivity contribution is -0.590. The first kappa shape index (κ1) is 20.7. The third-order valence-corrected chi connectivity index (χ3v) is 5.66. The highest BCUT2D eigenvalue weighted by atomic mass is 16.5. The maximum atomic E-state index is 11.6. The van der Waals surface area contributed by atoms with Gasteiger partial charge in [0.2, 0.25) is 0 Å². The Bertz CT molecular complexity index is 1070. The SMILES string of the molecule is O=C(O)C[C@H]1Cc2ccc(OCCCNc3cccc[n+]3[O-])cc2Cc2ccccc21. The van der Waals surface area contributed by atoms with Gasteiger partial charge < -0.3 is 15.1 Å². The molecule has 4 rings (SSSR count). The molecule has 0 unspecified atom stereocenters. The van der Waals surface area contributed by atoms with Gasteiger partial charge in [-0.15, -0.1) is 0 Å². The molecule has 0 bridgehead atoms. The summed E-state index contributed by atoms with van der Waals surface area (Å²) in [6.45, 7) is 1.18. The van der Waals surface area contributed by atoms with E-state index in [1.807, 2.05) is 24.3 Å². The Morgan fingerprint density at radius 1 is 1.10 bits per heavy atom. The van der Waals surface area contributed by atoms with E-state index in [4.69, 9.17) is 4.74 Å². The van der Waals surface area contributed by atoms with Crippen LogP contribution in [0.3, 0.4) is 0 Å². The number of nitrogens with one attached hydrogen (secondary N) is 1. The highest BCUT2D eigenvalue weighted by molar-refractivity contribution is 5.68. The van der Waals surface area contributed by atoms with Gasteiger partial charge in [-0.05, 0) is 59.2 Å². The van der Waals surface area contributed by atoms with Crippen LogP contribution in [0.4, 0.5) is 5.82 Å². The normalized spacial score (nSPS) is 14.8. The van der Waals surface area contributed by atoms with E-state index in [2.05, 4.69) is 29.6 Å². The number of hydrogen-bond acceptors (Lipinski definition) is 4. The van der Waals surface area contributed by atoms with Gasteiger partial charge in [0.05, 0.1) is 25.8 Å². The predicted octanol–water partition coefficient (Wildman–Crippen LogP) is 3.91. The van der Waals surface area contributed by atoms with Gasteiger partial charge in [-0.25, -0.2) is 4.73 Å². The van der Waals surface area contributed by atoms with Gasteiger partial charge in [-0.2, -0.15) is 0 Å². The second kappa shape index (κ2) is 9.51. The van der Waals surface area contributed by atoms with Crippen LogP contribution >= 0.6 is 0 Å². The van der Waals surface area contributed by atoms with Crippen molar-refractivity contribution >= 4 is 11.8 Å². The van der Waals surface area contributed by atoms with Crippen molar-refractivity contribution in [2.75, 3.05) is 18.5 Å². The minimum atomic E-state index is -0.769. The number of benzene rings is 2. The number of carboxylic acid groups (broad SMARTS) is 1. The maximum absolute atomic E-state index is 11.6. The van der Waals surface area contributed by atoms with Gasteiger partial charge in [-0.1, -0.05) is 36.4 Å². The molecule has 1 heterocycles. The topological polar surface area (TPSA) is 85.5 Å². The first-order valence-electron chi connectivity index (χ1n) is 10.6. The monoisotopic (exact) mass is 418 g/mol. The van der Waals surface area contributed by atoms with E-state index in [0.29, 0.717) is 19.0 Å². The summed E-state index contributed by atoms with van der Waals surface area (Å²) in [6, 6.07) is 19.5. The largest absolute Gasteiger partial charge is 0.711 e. The van der Waals surface area contributed by atoms with Crippen LogP contribution in [-0.4, -0.2) is 24.2 Å². The van der Waals surface area contributed by atoms with Gasteiger partial charge in [0, 0.05) is 12.5 Å². The number of carbonyl (C=O) groups is 1. The van der Waals surface area contributed by atoms with Crippen molar-refractivity contribution in [3.8, 4) is 5.75 Å². The highest BCUT2D eigenvalue weighted by Gasteiger charge is 2.24. The smallest absolute Gasteiger partial charge is 0.303 e. The lowest BCUT2D eigenvalue weighted by Crippen LogP contribution is -2.30. The van der Waals surface area contributed by atoms with Crippen LogP contribution < -0.4 is 14.8 Å². The lowest BCUT2D eigenvalue weighted by atomic mass is 9.89. The fraction of sp³-hybridized carbons (Fsp3) is 0.280. The number of nitrogens with zero attached hydrogens (tertiary/aromatic N) is 1. The van der Waals surface area contributed by atoms with Crippen LogP contribution in [0.2, 0.25) is 0 Å². The summed E-state index contributed by atoms with van der Waals surface area (Å²) in [7, 11) is 0. The molecule has 6 nitrogen and oxygen atoms in total. The molecular weight excluding hydrogens is 392 g/mol. The molecule has 0 radical (unpaired) electrons. The number of aliphatic carboxylic acids is 1. The average Bonchev–Trinajstić information content (AvgIpc) is 2.90. The van der Waals surface area contributed by atoms with Crippen molar-refractivity contribution in [2.24, 2.45) is 0 Å². The number of rotatable bonds is 8. The van der Waals surface area contributed by atoms with E-state index in [1.165, 1.54) is 22.9 Å². The maximum Gasteiger partial charge on any atom is 0.303 e. The molecule has 160 valence electrons. The van der Waals surface area contributed by atoms with E-state index in [-0.39, 0.29) is 12.3 Å². The Morgan fingerprint density at radius 3 is 2.77 bits per heavy atom. The van der Waals surface area contributed by atoms with Crippen LogP contribution in [0, 0.1) is 5.21 Å². The Balaban J connectivity index is 1.39. The molecule has 0 saturated carbocycles. The van der Waals surface area contributed by atoms with E-state index in [1.54, 1.807) is 12.1 Å². The Hall–Kier alpha value is -3.54. The van der Waals surface area contributed by atoms with Crippen LogP contribution in [0.25, 0.3) is 0 Å². The van der Waals surface area contributed by atoms with Gasteiger partial charge >= 0.3 is 5.97 Å². The van der Waals surface area contributed by atoms with Crippen molar-refractivity contribution in [2.45, 2.75) is 31.6 Å². The van der Waals surface area contributed by atoms with Crippen LogP contribution in [-0.2, 0) is 17.6 Å². The first-order valence-corrected chi connectivity index (χ1v) is 10.6. The molecule has 0 amide bonds. The molecule has 2 aromatic carbocycles. The van der Waals surface area contributed by atoms with E-state index in [9.17, 15) is 15.1 Å². The number of hydrogen-bond donors (Lipinski definition) is 2. The average molecular weight is 418 g/mol. The molecule has 0 spiro atoms. The van der Waals surface area contributed by atoms with Gasteiger partial charge in [0.15, 0.2) is 0 Å². The summed E-state index contributed by atoms with van der Waals surface area (Å²) in [4.78, 5) is 11.4. The zero-order valence-corrected chi connectivity index (χ0v) is 17.3. The number of anilines is 1. The lowest BCUT2D eigenvalue weighted by Gasteiger charge is -2.16. The molecule has 31 heavy (non-hydrogen) atoms. The third kappa shape index (κ3) is 5.15. The highest BCUT2D eigenvalue weighted by Crippen LogP contribution is 2.35. The molecule has 0 saturated heterocycles. The molecule has 3 aromatic rings. The van der Waals surface area contributed by atoms with Crippen molar-refractivity contribution in [3.05, 3.63) is 94.3 Å². The standard InChI is InChI=1S/C25H26N2O4/c28-25(29)17-21-14-18-9-10-22(16-20(18)15-19-6-1-2-7-23(19)21)31-13-5-11-26-24-8-3-4-12-27(24)30/h1-4,6-10,12,16,21,26H,5,11,13-15,17H2,(H,28,29)/t21-/m1/s1. The molecule has 1 aliphatic carbocycles. The quantitative estimate of drug-likeness (QED) is 0.329. The summed E-state index contributed by atoms with van der Waals surface area (Å²) in [5.41, 5.74) is 4.68. The molecule has 1 atom stereocenters. The third-order valence-electron chi connectivity index (χ3n) is 5.66. The summed E-state index contributed by atoms with van der Waals surface area (Å²) in [6.07, 6.45) is 3.85. The molecule has 6 heteroatoms. The fourth-order valence-corrected chi connectivity index (χ4v) is 4.17. The number of carboxylic acids is 1. The molecule has 0 fully saturated rings. The zero-order chi connectivity index (χ0) is 21.6. The second-order valence-electron chi connectivity index (χ2n) is 7.85. The zero-order valence-electron chi connectivity index (χ0n) is 17.3. The summed E-state index contributed by atoms with van der Waals surface area (Å²) < 4.78 is 6.75. The number of ether oxygens (including phenoxy) is 1. The van der Waals surface area contributed by atoms with Crippen molar-refractivity contribution in [3.63, 3.8) is 0 Å². The Kier molecular flexibility index (Phi) is 6.36. The molecule has 1 aromatic heterocycles. The van der Waals surface area contributed by atoms with E-state index in [0.717, 1.165) is 35.3 Å². The molecular formula is C25H26N2O4. The van der Waals surface area contributed by atoms with Gasteiger partial charge in [0.25, 0.3) is 5.82 Å². The number of aromatic nitrogens is 1. The van der Waals surface area contributed by atoms with Crippen LogP contribution in [0.15, 0.2) is 66.9 Å². The second-order valence-corrected chi connectivity index (χ2v) is 7.85. The minimum absolute atomic E-state index is 0.0189. The van der Waals surface area contributed by atoms with Gasteiger partial charge in [0.1, 0.15) is 5.75 Å². The Morgan fingerprint density at radius 2 is 1.94 bits per heavy atom. The fourth-order valence-electron chi connectivity index (χ4n) is 4.17. The van der Waals surface area contributed by atoms with Crippen LogP contribution in [0.1, 0.15) is 41.0 Å². The van der Waals surface area contributed by atoms with E-state index < -0.39 is 5.97 Å². The molecule has 2 N–H and O–H groups in total. The first-order chi connectivity index (χ1) is 15.1. The van der Waals surface area contributed by atoms with Crippen molar-refractivity contribution in [1.29, 1.82) is 0 Å². The number of pyridine rings is 1. The molecule has 1 aliphatic rings. The Labute approximate surface area is 181 Å².